The molecule has 3 heterocycles. The van der Waals surface area contributed by atoms with Crippen LogP contribution in [-0.2, 0) is 16.0 Å². The number of carbonyl (C=O) groups excluding carboxylic acids is 1. The minimum Gasteiger partial charge on any atom is -0.496 e. The summed E-state index contributed by atoms with van der Waals surface area (Å²) >= 11 is 0. The van der Waals surface area contributed by atoms with Crippen molar-refractivity contribution in [3.63, 3.8) is 0 Å². The van der Waals surface area contributed by atoms with Crippen LogP contribution in [0.3, 0.4) is 0 Å². The topological polar surface area (TPSA) is 76.6 Å². The number of halogens is 1. The number of ether oxygens (including phenoxy) is 2. The number of aryl methyl sites for hydroxylation is 1. The maximum Gasteiger partial charge on any atom is 0.159 e. The lowest BCUT2D eigenvalue weighted by molar-refractivity contribution is -0.152. The number of ketones is 1. The highest BCUT2D eigenvalue weighted by molar-refractivity contribution is 5.96. The van der Waals surface area contributed by atoms with Gasteiger partial charge in [0.25, 0.3) is 0 Å². The number of allylic oxidation sites excluding steroid dienone is 1. The first-order valence-corrected chi connectivity index (χ1v) is 11.9. The summed E-state index contributed by atoms with van der Waals surface area (Å²) < 4.78 is 24.8. The molecule has 2 aliphatic heterocycles. The van der Waals surface area contributed by atoms with Gasteiger partial charge in [0.15, 0.2) is 5.78 Å². The van der Waals surface area contributed by atoms with E-state index in [4.69, 9.17) is 9.47 Å². The zero-order valence-corrected chi connectivity index (χ0v) is 20.0. The number of hydrogen-bond acceptors (Lipinski definition) is 7. The van der Waals surface area contributed by atoms with E-state index < -0.39 is 0 Å². The highest BCUT2D eigenvalue weighted by Crippen LogP contribution is 2.31. The predicted octanol–water partition coefficient (Wildman–Crippen LogP) is 4.36. The van der Waals surface area contributed by atoms with Crippen LogP contribution < -0.4 is 10.1 Å². The highest BCUT2D eigenvalue weighted by Gasteiger charge is 2.38. The normalized spacial score (nSPS) is 20.0. The summed E-state index contributed by atoms with van der Waals surface area (Å²) in [4.78, 5) is 23.9. The second kappa shape index (κ2) is 10.1. The summed E-state index contributed by atoms with van der Waals surface area (Å²) in [7, 11) is 1.58. The lowest BCUT2D eigenvalue weighted by Gasteiger charge is -2.47. The second-order valence-electron chi connectivity index (χ2n) is 9.11. The summed E-state index contributed by atoms with van der Waals surface area (Å²) in [6.07, 6.45) is 7.90. The zero-order valence-electron chi connectivity index (χ0n) is 20.0. The van der Waals surface area contributed by atoms with Crippen molar-refractivity contribution in [3.05, 3.63) is 65.8 Å². The molecular formula is C27H29FN4O3. The summed E-state index contributed by atoms with van der Waals surface area (Å²) in [6.45, 7) is 4.30. The van der Waals surface area contributed by atoms with E-state index in [1.807, 2.05) is 18.2 Å². The molecule has 0 spiro atoms. The molecule has 2 unspecified atom stereocenters. The van der Waals surface area contributed by atoms with E-state index in [1.165, 1.54) is 12.4 Å². The molecule has 182 valence electrons. The first kappa shape index (κ1) is 23.4. The number of methoxy groups -OCH3 is 1. The molecule has 0 bridgehead atoms. The molecule has 7 nitrogen and oxygen atoms in total. The van der Waals surface area contributed by atoms with Gasteiger partial charge in [-0.1, -0.05) is 6.08 Å². The first-order valence-electron chi connectivity index (χ1n) is 11.9. The maximum atomic E-state index is 13.7. The third kappa shape index (κ3) is 5.04. The Balaban J connectivity index is 1.33. The van der Waals surface area contributed by atoms with Gasteiger partial charge in [-0.15, -0.1) is 0 Å². The van der Waals surface area contributed by atoms with Crippen molar-refractivity contribution in [2.45, 2.75) is 38.3 Å². The number of nitrogens with zero attached hydrogens (tertiary/aromatic N) is 3. The van der Waals surface area contributed by atoms with Crippen LogP contribution in [0.4, 0.5) is 15.9 Å². The number of fused-ring (bicyclic) bond motifs is 2. The van der Waals surface area contributed by atoms with E-state index in [2.05, 4.69) is 20.2 Å². The van der Waals surface area contributed by atoms with Gasteiger partial charge in [-0.05, 0) is 62.2 Å². The van der Waals surface area contributed by atoms with Crippen molar-refractivity contribution >= 4 is 28.2 Å². The molecule has 1 N–H and O–H groups in total. The number of hydrogen-bond donors (Lipinski definition) is 1. The Hall–Kier alpha value is -3.36. The van der Waals surface area contributed by atoms with Crippen LogP contribution >= 0.6 is 0 Å². The lowest BCUT2D eigenvalue weighted by Crippen LogP contribution is -2.59. The number of aromatic nitrogens is 2. The second-order valence-corrected chi connectivity index (χ2v) is 9.11. The van der Waals surface area contributed by atoms with Crippen LogP contribution in [0, 0.1) is 12.7 Å². The fourth-order valence-electron chi connectivity index (χ4n) is 4.80. The third-order valence-corrected chi connectivity index (χ3v) is 6.78. The number of rotatable bonds is 8. The van der Waals surface area contributed by atoms with Gasteiger partial charge in [0.1, 0.15) is 23.7 Å². The van der Waals surface area contributed by atoms with E-state index in [1.54, 1.807) is 32.2 Å². The van der Waals surface area contributed by atoms with Crippen LogP contribution in [0.5, 0.6) is 5.75 Å². The Morgan fingerprint density at radius 3 is 2.97 bits per heavy atom. The fourth-order valence-corrected chi connectivity index (χ4v) is 4.80. The van der Waals surface area contributed by atoms with Gasteiger partial charge in [-0.25, -0.2) is 14.4 Å². The molecule has 5 rings (SSSR count). The van der Waals surface area contributed by atoms with E-state index in [9.17, 15) is 9.18 Å². The molecule has 0 saturated carbocycles. The Bertz CT molecular complexity index is 1280. The van der Waals surface area contributed by atoms with Crippen LogP contribution in [0.25, 0.3) is 10.9 Å². The largest absolute Gasteiger partial charge is 0.496 e. The van der Waals surface area contributed by atoms with Crippen LogP contribution in [-0.4, -0.2) is 59.6 Å². The van der Waals surface area contributed by atoms with Crippen LogP contribution in [0.1, 0.15) is 24.0 Å². The first-order chi connectivity index (χ1) is 17.0. The SMILES string of the molecule is COc1cc2ncnc(Nc3ccc(F)c(C)c3)c2cc1CC(=O)/C=C/CN1CCCC2OCC21. The van der Waals surface area contributed by atoms with Crippen molar-refractivity contribution in [1.82, 2.24) is 14.9 Å². The van der Waals surface area contributed by atoms with Gasteiger partial charge in [-0.2, -0.15) is 0 Å². The number of piperidine rings is 1. The lowest BCUT2D eigenvalue weighted by atomic mass is 9.95. The molecule has 8 heteroatoms. The average Bonchev–Trinajstić information content (AvgIpc) is 2.82. The predicted molar refractivity (Wildman–Crippen MR) is 133 cm³/mol. The molecule has 2 aromatic carbocycles. The summed E-state index contributed by atoms with van der Waals surface area (Å²) in [5, 5.41) is 4.00. The van der Waals surface area contributed by atoms with Gasteiger partial charge < -0.3 is 14.8 Å². The summed E-state index contributed by atoms with van der Waals surface area (Å²) in [5.41, 5.74) is 2.70. The Kier molecular flexibility index (Phi) is 6.74. The van der Waals surface area contributed by atoms with E-state index in [-0.39, 0.29) is 18.0 Å². The van der Waals surface area contributed by atoms with Crippen LogP contribution in [0.2, 0.25) is 0 Å². The quantitative estimate of drug-likeness (QED) is 0.484. The van der Waals surface area contributed by atoms with Gasteiger partial charge >= 0.3 is 0 Å². The number of anilines is 2. The van der Waals surface area contributed by atoms with Gasteiger partial charge in [0, 0.05) is 35.7 Å². The van der Waals surface area contributed by atoms with Crippen molar-refractivity contribution in [3.8, 4) is 5.75 Å². The summed E-state index contributed by atoms with van der Waals surface area (Å²) in [5.74, 6) is 0.923. The monoisotopic (exact) mass is 476 g/mol. The molecular weight excluding hydrogens is 447 g/mol. The average molecular weight is 477 g/mol. The smallest absolute Gasteiger partial charge is 0.159 e. The molecule has 2 saturated heterocycles. The third-order valence-electron chi connectivity index (χ3n) is 6.78. The molecule has 3 aromatic rings. The number of carbonyl (C=O) groups is 1. The molecule has 0 radical (unpaired) electrons. The van der Waals surface area contributed by atoms with Gasteiger partial charge in [0.2, 0.25) is 0 Å². The molecule has 1 aromatic heterocycles. The zero-order chi connectivity index (χ0) is 24.4. The Labute approximate surface area is 204 Å². The Morgan fingerprint density at radius 2 is 2.20 bits per heavy atom. The Morgan fingerprint density at radius 1 is 1.31 bits per heavy atom. The van der Waals surface area contributed by atoms with Gasteiger partial charge in [-0.3, -0.25) is 9.69 Å². The molecule has 2 atom stereocenters. The van der Waals surface area contributed by atoms with Crippen molar-refractivity contribution < 1.29 is 18.7 Å². The van der Waals surface area contributed by atoms with Crippen molar-refractivity contribution in [1.29, 1.82) is 0 Å². The molecule has 35 heavy (non-hydrogen) atoms. The minimum atomic E-state index is -0.261. The van der Waals surface area contributed by atoms with E-state index in [0.29, 0.717) is 34.8 Å². The number of nitrogens with one attached hydrogen (secondary N) is 1. The van der Waals surface area contributed by atoms with Crippen molar-refractivity contribution in [2.24, 2.45) is 0 Å². The van der Waals surface area contributed by atoms with E-state index >= 15 is 0 Å². The van der Waals surface area contributed by atoms with Crippen LogP contribution in [0.15, 0.2) is 48.8 Å². The van der Waals surface area contributed by atoms with Crippen molar-refractivity contribution in [2.75, 3.05) is 32.1 Å². The molecule has 0 aliphatic carbocycles. The highest BCUT2D eigenvalue weighted by atomic mass is 19.1. The maximum absolute atomic E-state index is 13.7. The van der Waals surface area contributed by atoms with E-state index in [0.717, 1.165) is 49.2 Å². The molecule has 2 fully saturated rings. The molecule has 2 aliphatic rings. The standard InChI is InChI=1S/C27H29FN4O3/c1-17-11-19(7-8-22(17)28)31-27-21-13-18(26(34-2)14-23(21)29-16-30-27)12-20(33)5-3-9-32-10-4-6-25-24(32)15-35-25/h3,5,7-8,11,13-14,16,24-25H,4,6,9-10,12,15H2,1-2H3,(H,29,30,31)/b5-3+. The fraction of sp³-hybridized carbons (Fsp3) is 0.370. The number of benzene rings is 2. The molecule has 0 amide bonds. The number of likely N-dealkylation sites (tertiary alicyclic amines) is 1. The van der Waals surface area contributed by atoms with Gasteiger partial charge in [0.05, 0.1) is 31.4 Å². The summed E-state index contributed by atoms with van der Waals surface area (Å²) in [6, 6.07) is 8.99. The minimum absolute atomic E-state index is 0.00147.